The summed E-state index contributed by atoms with van der Waals surface area (Å²) in [7, 11) is 0.866. The fourth-order valence-electron chi connectivity index (χ4n) is 1.66. The van der Waals surface area contributed by atoms with Crippen molar-refractivity contribution >= 4 is 25.8 Å². The Hall–Kier alpha value is -0.883. The third-order valence-electron chi connectivity index (χ3n) is 4.21. The molecule has 1 atom stereocenters. The fraction of sp³-hybridized carbons (Fsp3) is 0.562. The van der Waals surface area contributed by atoms with Crippen molar-refractivity contribution in [3.63, 3.8) is 0 Å². The molecule has 1 aromatic rings. The number of hydrogen-bond acceptors (Lipinski definition) is 3. The Kier molecular flexibility index (Phi) is 6.21. The van der Waals surface area contributed by atoms with Gasteiger partial charge in [-0.25, -0.2) is 5.06 Å². The second-order valence-corrected chi connectivity index (χ2v) is 12.0. The molecule has 1 rings (SSSR count). The van der Waals surface area contributed by atoms with Gasteiger partial charge in [0, 0.05) is 17.6 Å². The molecule has 0 saturated heterocycles. The monoisotopic (exact) mass is 343 g/mol. The molecular weight excluding hydrogens is 318 g/mol. The van der Waals surface area contributed by atoms with Crippen LogP contribution in [-0.2, 0) is 14.1 Å². The second-order valence-electron chi connectivity index (χ2n) is 6.80. The Morgan fingerprint density at radius 2 is 1.82 bits per heavy atom. The van der Waals surface area contributed by atoms with E-state index in [1.807, 2.05) is 18.2 Å². The van der Waals surface area contributed by atoms with Crippen molar-refractivity contribution in [2.75, 3.05) is 14.2 Å². The van der Waals surface area contributed by atoms with E-state index in [2.05, 4.69) is 33.9 Å². The number of hydroxylamine groups is 2. The van der Waals surface area contributed by atoms with E-state index >= 15 is 0 Å². The molecule has 0 aliphatic rings. The number of carbonyl (C=O) groups excluding carboxylic acids is 1. The second kappa shape index (κ2) is 7.13. The fourth-order valence-corrected chi connectivity index (χ4v) is 3.07. The highest BCUT2D eigenvalue weighted by Crippen LogP contribution is 2.41. The molecule has 1 amide bonds. The standard InChI is InChI=1S/C16H26ClNO3Si/c1-16(2,3)22(6,7)21-14(15(19)18(4)20-5)12-10-8-9-11-13(12)17/h8-11,14H,1-7H3/t14-/m1/s1. The van der Waals surface area contributed by atoms with Crippen molar-refractivity contribution in [2.45, 2.75) is 45.0 Å². The molecule has 0 unspecified atom stereocenters. The van der Waals surface area contributed by atoms with Crippen molar-refractivity contribution in [1.82, 2.24) is 5.06 Å². The molecule has 0 heterocycles. The van der Waals surface area contributed by atoms with E-state index in [-0.39, 0.29) is 10.9 Å². The molecule has 0 aliphatic carbocycles. The zero-order valence-corrected chi connectivity index (χ0v) is 16.2. The SMILES string of the molecule is CON(C)C(=O)[C@H](O[Si](C)(C)C(C)(C)C)c1ccccc1Cl. The average molecular weight is 344 g/mol. The van der Waals surface area contributed by atoms with Crippen LogP contribution in [0.3, 0.4) is 0 Å². The lowest BCUT2D eigenvalue weighted by Crippen LogP contribution is -2.45. The topological polar surface area (TPSA) is 38.8 Å². The maximum Gasteiger partial charge on any atom is 0.278 e. The van der Waals surface area contributed by atoms with Crippen LogP contribution in [-0.4, -0.2) is 33.4 Å². The minimum Gasteiger partial charge on any atom is -0.401 e. The third-order valence-corrected chi connectivity index (χ3v) is 9.00. The summed E-state index contributed by atoms with van der Waals surface area (Å²) < 4.78 is 6.34. The highest BCUT2D eigenvalue weighted by atomic mass is 35.5. The van der Waals surface area contributed by atoms with Gasteiger partial charge in [0.1, 0.15) is 0 Å². The van der Waals surface area contributed by atoms with Gasteiger partial charge in [-0.15, -0.1) is 0 Å². The molecule has 0 spiro atoms. The maximum absolute atomic E-state index is 12.7. The van der Waals surface area contributed by atoms with E-state index in [0.29, 0.717) is 10.6 Å². The van der Waals surface area contributed by atoms with Gasteiger partial charge in [-0.2, -0.15) is 0 Å². The number of nitrogens with zero attached hydrogens (tertiary/aromatic N) is 1. The first-order chi connectivity index (χ1) is 10.0. The number of amides is 1. The Bertz CT molecular complexity index is 528. The zero-order chi connectivity index (χ0) is 17.1. The number of rotatable bonds is 5. The van der Waals surface area contributed by atoms with Crippen LogP contribution in [0.5, 0.6) is 0 Å². The first kappa shape index (κ1) is 19.2. The Morgan fingerprint density at radius 1 is 1.27 bits per heavy atom. The number of likely N-dealkylation sites (N-methyl/N-ethyl adjacent to an activating group) is 1. The van der Waals surface area contributed by atoms with Gasteiger partial charge >= 0.3 is 0 Å². The van der Waals surface area contributed by atoms with Crippen LogP contribution in [0.1, 0.15) is 32.4 Å². The molecule has 1 aromatic carbocycles. The van der Waals surface area contributed by atoms with Crippen LogP contribution in [0, 0.1) is 0 Å². The first-order valence-electron chi connectivity index (χ1n) is 7.25. The van der Waals surface area contributed by atoms with Crippen molar-refractivity contribution in [2.24, 2.45) is 0 Å². The average Bonchev–Trinajstić information content (AvgIpc) is 2.42. The highest BCUT2D eigenvalue weighted by Gasteiger charge is 2.42. The van der Waals surface area contributed by atoms with Crippen LogP contribution in [0.15, 0.2) is 24.3 Å². The third kappa shape index (κ3) is 4.32. The lowest BCUT2D eigenvalue weighted by Gasteiger charge is -2.39. The summed E-state index contributed by atoms with van der Waals surface area (Å²) in [5.41, 5.74) is 0.669. The van der Waals surface area contributed by atoms with Gasteiger partial charge < -0.3 is 4.43 Å². The lowest BCUT2D eigenvalue weighted by atomic mass is 10.1. The summed E-state index contributed by atoms with van der Waals surface area (Å²) in [6, 6.07) is 7.27. The smallest absolute Gasteiger partial charge is 0.278 e. The Balaban J connectivity index is 3.25. The molecule has 0 aromatic heterocycles. The van der Waals surface area contributed by atoms with E-state index in [1.54, 1.807) is 13.1 Å². The summed E-state index contributed by atoms with van der Waals surface area (Å²) in [6.07, 6.45) is -0.764. The molecule has 0 fully saturated rings. The van der Waals surface area contributed by atoms with Gasteiger partial charge in [0.05, 0.1) is 7.11 Å². The Labute approximate surface area is 139 Å². The molecule has 4 nitrogen and oxygen atoms in total. The predicted molar refractivity (Wildman–Crippen MR) is 92.3 cm³/mol. The van der Waals surface area contributed by atoms with Gasteiger partial charge in [0.25, 0.3) is 5.91 Å². The molecule has 0 bridgehead atoms. The maximum atomic E-state index is 12.7. The molecule has 0 N–H and O–H groups in total. The molecule has 22 heavy (non-hydrogen) atoms. The van der Waals surface area contributed by atoms with E-state index < -0.39 is 14.4 Å². The highest BCUT2D eigenvalue weighted by molar-refractivity contribution is 6.74. The van der Waals surface area contributed by atoms with Gasteiger partial charge in [0.15, 0.2) is 14.4 Å². The first-order valence-corrected chi connectivity index (χ1v) is 10.5. The molecule has 0 radical (unpaired) electrons. The summed E-state index contributed by atoms with van der Waals surface area (Å²) in [6.45, 7) is 10.6. The molecular formula is C16H26ClNO3Si. The predicted octanol–water partition coefficient (Wildman–Crippen LogP) is 4.42. The Morgan fingerprint density at radius 3 is 2.27 bits per heavy atom. The van der Waals surface area contributed by atoms with Crippen molar-refractivity contribution < 1.29 is 14.1 Å². The zero-order valence-electron chi connectivity index (χ0n) is 14.4. The number of hydrogen-bond donors (Lipinski definition) is 0. The van der Waals surface area contributed by atoms with Crippen molar-refractivity contribution in [3.8, 4) is 0 Å². The summed E-state index contributed by atoms with van der Waals surface area (Å²) in [4.78, 5) is 17.7. The van der Waals surface area contributed by atoms with Gasteiger partial charge in [-0.1, -0.05) is 50.6 Å². The van der Waals surface area contributed by atoms with E-state index in [9.17, 15) is 4.79 Å². The minimum absolute atomic E-state index is 0.0154. The largest absolute Gasteiger partial charge is 0.401 e. The molecule has 124 valence electrons. The van der Waals surface area contributed by atoms with Crippen LogP contribution >= 0.6 is 11.6 Å². The van der Waals surface area contributed by atoms with Crippen LogP contribution in [0.25, 0.3) is 0 Å². The van der Waals surface area contributed by atoms with Crippen molar-refractivity contribution in [3.05, 3.63) is 34.9 Å². The van der Waals surface area contributed by atoms with E-state index in [1.165, 1.54) is 12.2 Å². The number of benzene rings is 1. The normalized spacial score (nSPS) is 13.8. The summed E-state index contributed by atoms with van der Waals surface area (Å²) in [5, 5.41) is 1.68. The van der Waals surface area contributed by atoms with Crippen LogP contribution in [0.2, 0.25) is 23.2 Å². The molecule has 0 saturated carbocycles. The lowest BCUT2D eigenvalue weighted by molar-refractivity contribution is -0.177. The summed E-state index contributed by atoms with van der Waals surface area (Å²) in [5.74, 6) is -0.263. The van der Waals surface area contributed by atoms with Gasteiger partial charge in [0.2, 0.25) is 0 Å². The van der Waals surface area contributed by atoms with Crippen LogP contribution < -0.4 is 0 Å². The molecule has 0 aliphatic heterocycles. The van der Waals surface area contributed by atoms with Crippen LogP contribution in [0.4, 0.5) is 0 Å². The minimum atomic E-state index is -2.16. The van der Waals surface area contributed by atoms with Gasteiger partial charge in [-0.3, -0.25) is 9.63 Å². The quantitative estimate of drug-likeness (QED) is 0.586. The number of carbonyl (C=O) groups is 1. The van der Waals surface area contributed by atoms with E-state index in [4.69, 9.17) is 20.9 Å². The van der Waals surface area contributed by atoms with Gasteiger partial charge in [-0.05, 0) is 24.2 Å². The van der Waals surface area contributed by atoms with E-state index in [0.717, 1.165) is 0 Å². The van der Waals surface area contributed by atoms with Crippen molar-refractivity contribution in [1.29, 1.82) is 0 Å². The number of halogens is 1. The summed E-state index contributed by atoms with van der Waals surface area (Å²) >= 11 is 6.28. The molecule has 6 heteroatoms.